The van der Waals surface area contributed by atoms with Gasteiger partial charge in [-0.1, -0.05) is 83.5 Å². The third-order valence-corrected chi connectivity index (χ3v) is 11.8. The SMILES string of the molecule is C/C=C/[C@H]1OC(=O)[C@@H](C)NC(=O)[C@H](C(C)CC)NC(=O)CN(C)C(=O)[C@@H](Cc2ccccc2)N(C)C(=O)[C@H](C)NC(=O)[C@@H](CC(C)C)OC(=O)/C(C)=C/C[C@H](OC(=O)Oc2ccc([N+](=O)[O-])cc2)[C@@H]1C. The van der Waals surface area contributed by atoms with E-state index >= 15 is 0 Å². The van der Waals surface area contributed by atoms with Crippen molar-refractivity contribution in [3.63, 3.8) is 0 Å². The molecule has 1 aliphatic rings. The third kappa shape index (κ3) is 17.1. The quantitative estimate of drug-likeness (QED) is 0.0709. The Balaban J connectivity index is 2.10. The number of nitrogens with one attached hydrogen (secondary N) is 3. The van der Waals surface area contributed by atoms with Crippen molar-refractivity contribution in [2.75, 3.05) is 20.6 Å². The van der Waals surface area contributed by atoms with Gasteiger partial charge in [0.05, 0.1) is 11.5 Å². The Morgan fingerprint density at radius 2 is 1.51 bits per heavy atom. The molecule has 0 spiro atoms. The first-order valence-electron chi connectivity index (χ1n) is 23.3. The maximum absolute atomic E-state index is 14.2. The number of carbonyl (C=O) groups excluding carboxylic acids is 8. The van der Waals surface area contributed by atoms with E-state index in [9.17, 15) is 48.5 Å². The first kappa shape index (κ1) is 57.2. The number of nitro groups is 1. The number of nitrogens with zero attached hydrogens (tertiary/aromatic N) is 3. The average molecular weight is 977 g/mol. The lowest BCUT2D eigenvalue weighted by atomic mass is 9.94. The Morgan fingerprint density at radius 3 is 2.10 bits per heavy atom. The Kier molecular flexibility index (Phi) is 22.2. The Bertz CT molecular complexity index is 2230. The van der Waals surface area contributed by atoms with Crippen molar-refractivity contribution in [2.24, 2.45) is 17.8 Å². The van der Waals surface area contributed by atoms with Crippen LogP contribution in [0, 0.1) is 27.9 Å². The van der Waals surface area contributed by atoms with Crippen LogP contribution in [0.25, 0.3) is 0 Å². The number of cyclic esters (lactones) is 2. The zero-order valence-corrected chi connectivity index (χ0v) is 41.8. The average Bonchev–Trinajstić information content (AvgIpc) is 3.31. The molecule has 0 aromatic heterocycles. The fourth-order valence-corrected chi connectivity index (χ4v) is 7.33. The van der Waals surface area contributed by atoms with E-state index in [2.05, 4.69) is 16.0 Å². The second kappa shape index (κ2) is 27.2. The number of carbonyl (C=O) groups is 8. The molecule has 0 saturated carbocycles. The van der Waals surface area contributed by atoms with Crippen molar-refractivity contribution in [3.8, 4) is 5.75 Å². The first-order chi connectivity index (χ1) is 33.0. The van der Waals surface area contributed by atoms with E-state index in [1.807, 2.05) is 20.8 Å². The van der Waals surface area contributed by atoms with Gasteiger partial charge in [0.25, 0.3) is 11.6 Å². The highest BCUT2D eigenvalue weighted by atomic mass is 16.7. The molecule has 0 bridgehead atoms. The number of amides is 5. The van der Waals surface area contributed by atoms with E-state index in [1.165, 1.54) is 64.1 Å². The van der Waals surface area contributed by atoms with Crippen molar-refractivity contribution in [1.29, 1.82) is 0 Å². The number of hydrogen-bond acceptors (Lipinski definition) is 14. The van der Waals surface area contributed by atoms with Gasteiger partial charge in [0.15, 0.2) is 6.10 Å². The summed E-state index contributed by atoms with van der Waals surface area (Å²) in [5.41, 5.74) is 0.458. The summed E-state index contributed by atoms with van der Waals surface area (Å²) in [5.74, 6) is -6.80. The maximum Gasteiger partial charge on any atom is 0.514 e. The summed E-state index contributed by atoms with van der Waals surface area (Å²) in [4.78, 5) is 123. The van der Waals surface area contributed by atoms with E-state index in [4.69, 9.17) is 18.9 Å². The lowest BCUT2D eigenvalue weighted by Gasteiger charge is -2.33. The lowest BCUT2D eigenvalue weighted by molar-refractivity contribution is -0.384. The number of allylic oxidation sites excluding steroid dienone is 1. The largest absolute Gasteiger partial charge is 0.514 e. The fraction of sp³-hybridized carbons (Fsp3) is 0.520. The number of esters is 2. The molecule has 70 heavy (non-hydrogen) atoms. The van der Waals surface area contributed by atoms with Crippen LogP contribution >= 0.6 is 0 Å². The predicted octanol–water partition coefficient (Wildman–Crippen LogP) is 4.98. The molecule has 3 rings (SSSR count). The lowest BCUT2D eigenvalue weighted by Crippen LogP contribution is -2.57. The van der Waals surface area contributed by atoms with Gasteiger partial charge >= 0.3 is 18.1 Å². The number of non-ortho nitro benzene ring substituents is 1. The van der Waals surface area contributed by atoms with E-state index in [-0.39, 0.29) is 42.2 Å². The number of ether oxygens (including phenoxy) is 4. The molecule has 9 atom stereocenters. The summed E-state index contributed by atoms with van der Waals surface area (Å²) in [6, 6.07) is 8.75. The van der Waals surface area contributed by atoms with Gasteiger partial charge in [-0.15, -0.1) is 0 Å². The molecular formula is C50H68N6O14. The minimum Gasteiger partial charge on any atom is -0.456 e. The predicted molar refractivity (Wildman–Crippen MR) is 256 cm³/mol. The molecule has 1 aliphatic heterocycles. The molecule has 382 valence electrons. The van der Waals surface area contributed by atoms with Crippen LogP contribution in [0.3, 0.4) is 0 Å². The number of benzene rings is 2. The molecule has 0 fully saturated rings. The smallest absolute Gasteiger partial charge is 0.456 e. The van der Waals surface area contributed by atoms with Crippen LogP contribution in [0.1, 0.15) is 87.1 Å². The maximum atomic E-state index is 14.2. The first-order valence-corrected chi connectivity index (χ1v) is 23.3. The van der Waals surface area contributed by atoms with Gasteiger partial charge in [0.1, 0.15) is 42.1 Å². The summed E-state index contributed by atoms with van der Waals surface area (Å²) < 4.78 is 22.7. The second-order valence-electron chi connectivity index (χ2n) is 17.9. The van der Waals surface area contributed by atoms with Gasteiger partial charge in [0, 0.05) is 50.6 Å². The Labute approximate surface area is 409 Å². The highest BCUT2D eigenvalue weighted by molar-refractivity contribution is 5.96. The van der Waals surface area contributed by atoms with E-state index in [0.29, 0.717) is 12.0 Å². The molecule has 0 aliphatic carbocycles. The summed E-state index contributed by atoms with van der Waals surface area (Å²) in [7, 11) is 2.79. The summed E-state index contributed by atoms with van der Waals surface area (Å²) >= 11 is 0. The van der Waals surface area contributed by atoms with Crippen molar-refractivity contribution in [3.05, 3.63) is 94.1 Å². The van der Waals surface area contributed by atoms with Crippen molar-refractivity contribution in [2.45, 2.75) is 130 Å². The molecule has 2 aromatic rings. The van der Waals surface area contributed by atoms with Crippen molar-refractivity contribution >= 4 is 53.3 Å². The number of rotatable bonds is 10. The summed E-state index contributed by atoms with van der Waals surface area (Å²) in [6.07, 6.45) is -0.0316. The highest BCUT2D eigenvalue weighted by Gasteiger charge is 2.37. The van der Waals surface area contributed by atoms with Crippen LogP contribution in [0.5, 0.6) is 5.75 Å². The van der Waals surface area contributed by atoms with Crippen molar-refractivity contribution < 1.29 is 62.2 Å². The molecule has 20 nitrogen and oxygen atoms in total. The molecule has 1 heterocycles. The Morgan fingerprint density at radius 1 is 0.886 bits per heavy atom. The number of hydrogen-bond donors (Lipinski definition) is 3. The molecule has 0 radical (unpaired) electrons. The van der Waals surface area contributed by atoms with Crippen LogP contribution in [-0.2, 0) is 54.2 Å². The standard InChI is InChI=1S/C50H68N6O14/c1-12-17-39-32(7)40(70-50(64)67-37-23-21-36(22-24-37)56(65)66)25-20-31(6)48(62)69-41(26-29(3)4)44(58)51-33(8)46(60)55(11)38(27-35-18-15-14-16-19-35)47(61)54(10)28-42(57)53-43(30(5)13-2)45(59)52-34(9)49(63)68-39/h12,14-24,29-30,32-34,38-41,43H,13,25-28H2,1-11H3,(H,51,58)(H,52,59)(H,53,57)/b17-12+,31-20+/t30?,32-,33+,34-,38-,39-,40+,41-,43+/m1/s1. The van der Waals surface area contributed by atoms with Crippen molar-refractivity contribution in [1.82, 2.24) is 25.8 Å². The Hall–Kier alpha value is -7.12. The minimum absolute atomic E-state index is 0.00152. The van der Waals surface area contributed by atoms with Crippen LogP contribution in [0.2, 0.25) is 0 Å². The van der Waals surface area contributed by atoms with Gasteiger partial charge < -0.3 is 44.7 Å². The van der Waals surface area contributed by atoms with Crippen LogP contribution in [0.4, 0.5) is 10.5 Å². The van der Waals surface area contributed by atoms with Crippen LogP contribution in [0.15, 0.2) is 78.4 Å². The summed E-state index contributed by atoms with van der Waals surface area (Å²) in [5, 5.41) is 19.1. The molecule has 5 amide bonds. The fourth-order valence-electron chi connectivity index (χ4n) is 7.33. The topological polar surface area (TPSA) is 259 Å². The normalized spacial score (nSPS) is 25.7. The molecule has 2 aromatic carbocycles. The third-order valence-electron chi connectivity index (χ3n) is 11.8. The van der Waals surface area contributed by atoms with E-state index < -0.39 is 113 Å². The highest BCUT2D eigenvalue weighted by Crippen LogP contribution is 2.25. The molecule has 0 saturated heterocycles. The van der Waals surface area contributed by atoms with Crippen LogP contribution < -0.4 is 20.7 Å². The molecule has 1 unspecified atom stereocenters. The monoisotopic (exact) mass is 976 g/mol. The summed E-state index contributed by atoms with van der Waals surface area (Å²) in [6.45, 7) is 14.1. The second-order valence-corrected chi connectivity index (χ2v) is 17.9. The number of nitro benzene ring substituents is 1. The van der Waals surface area contributed by atoms with Gasteiger partial charge in [-0.05, 0) is 69.7 Å². The minimum atomic E-state index is -1.37. The van der Waals surface area contributed by atoms with Crippen LogP contribution in [-0.4, -0.2) is 125 Å². The van der Waals surface area contributed by atoms with Gasteiger partial charge in [0.2, 0.25) is 23.6 Å². The molecular weight excluding hydrogens is 909 g/mol. The van der Waals surface area contributed by atoms with E-state index in [0.717, 1.165) is 17.0 Å². The molecule has 20 heteroatoms. The zero-order chi connectivity index (χ0) is 52.4. The zero-order valence-electron chi connectivity index (χ0n) is 41.8. The van der Waals surface area contributed by atoms with E-state index in [1.54, 1.807) is 57.2 Å². The molecule has 3 N–H and O–H groups in total. The van der Waals surface area contributed by atoms with Gasteiger partial charge in [-0.2, -0.15) is 0 Å². The number of likely N-dealkylation sites (N-methyl/N-ethyl adjacent to an activating group) is 2. The van der Waals surface area contributed by atoms with Gasteiger partial charge in [-0.3, -0.25) is 34.1 Å². The van der Waals surface area contributed by atoms with Gasteiger partial charge in [-0.25, -0.2) is 14.4 Å².